The van der Waals surface area contributed by atoms with E-state index in [2.05, 4.69) is 10.4 Å². The van der Waals surface area contributed by atoms with Crippen LogP contribution in [0.3, 0.4) is 0 Å². The number of ether oxygens (including phenoxy) is 1. The highest BCUT2D eigenvalue weighted by Gasteiger charge is 2.12. The maximum absolute atomic E-state index is 12.3. The van der Waals surface area contributed by atoms with Crippen molar-refractivity contribution in [2.45, 2.75) is 13.5 Å². The monoisotopic (exact) mass is 361 g/mol. The Morgan fingerprint density at radius 2 is 2.21 bits per heavy atom. The highest BCUT2D eigenvalue weighted by atomic mass is 35.5. The molecule has 0 aliphatic carbocycles. The number of hydrogen-bond donors (Lipinski definition) is 1. The van der Waals surface area contributed by atoms with E-state index in [0.29, 0.717) is 28.1 Å². The molecule has 3 aromatic rings. The van der Waals surface area contributed by atoms with Crippen LogP contribution in [0.4, 0.5) is 5.82 Å². The van der Waals surface area contributed by atoms with Gasteiger partial charge in [-0.15, -0.1) is 11.3 Å². The molecule has 0 spiro atoms. The number of nitrogens with one attached hydrogen (secondary N) is 1. The molecule has 24 heavy (non-hydrogen) atoms. The molecule has 2 aromatic heterocycles. The summed E-state index contributed by atoms with van der Waals surface area (Å²) in [7, 11) is 1.79. The lowest BCUT2D eigenvalue weighted by Crippen LogP contribution is -2.13. The van der Waals surface area contributed by atoms with Gasteiger partial charge < -0.3 is 10.1 Å². The van der Waals surface area contributed by atoms with Gasteiger partial charge in [0, 0.05) is 23.7 Å². The van der Waals surface area contributed by atoms with Gasteiger partial charge in [0.2, 0.25) is 0 Å². The molecule has 2 heterocycles. The smallest absolute Gasteiger partial charge is 0.266 e. The third-order valence-electron chi connectivity index (χ3n) is 3.32. The molecule has 124 valence electrons. The Hall–Kier alpha value is -2.31. The minimum atomic E-state index is -0.156. The number of thiophene rings is 1. The van der Waals surface area contributed by atoms with Gasteiger partial charge in [0.15, 0.2) is 0 Å². The molecule has 0 aliphatic heterocycles. The quantitative estimate of drug-likeness (QED) is 0.738. The third-order valence-corrected chi connectivity index (χ3v) is 4.54. The lowest BCUT2D eigenvalue weighted by Gasteiger charge is -2.05. The molecule has 0 aliphatic rings. The van der Waals surface area contributed by atoms with Gasteiger partial charge in [-0.3, -0.25) is 9.48 Å². The van der Waals surface area contributed by atoms with Gasteiger partial charge in [-0.1, -0.05) is 17.7 Å². The Labute approximate surface area is 148 Å². The number of anilines is 1. The van der Waals surface area contributed by atoms with Crippen molar-refractivity contribution in [2.75, 3.05) is 5.32 Å². The first-order chi connectivity index (χ1) is 11.5. The number of aryl methyl sites for hydroxylation is 2. The first-order valence-electron chi connectivity index (χ1n) is 7.29. The van der Waals surface area contributed by atoms with Crippen molar-refractivity contribution >= 4 is 34.7 Å². The third kappa shape index (κ3) is 3.96. The van der Waals surface area contributed by atoms with Gasteiger partial charge in [-0.25, -0.2) is 0 Å². The minimum Gasteiger partial charge on any atom is -0.489 e. The molecule has 0 saturated heterocycles. The Kier molecular flexibility index (Phi) is 4.87. The number of amides is 1. The van der Waals surface area contributed by atoms with Gasteiger partial charge >= 0.3 is 0 Å². The fraction of sp³-hybridized carbons (Fsp3) is 0.176. The van der Waals surface area contributed by atoms with Crippen molar-refractivity contribution < 1.29 is 9.53 Å². The van der Waals surface area contributed by atoms with Crippen LogP contribution in [0.1, 0.15) is 20.9 Å². The summed E-state index contributed by atoms with van der Waals surface area (Å²) in [5.41, 5.74) is 1.79. The zero-order valence-corrected chi connectivity index (χ0v) is 14.8. The summed E-state index contributed by atoms with van der Waals surface area (Å²) in [5, 5.41) is 9.60. The fourth-order valence-electron chi connectivity index (χ4n) is 2.20. The minimum absolute atomic E-state index is 0.156. The van der Waals surface area contributed by atoms with Crippen LogP contribution in [0, 0.1) is 6.92 Å². The molecule has 1 amide bonds. The molecule has 0 fully saturated rings. The van der Waals surface area contributed by atoms with Crippen molar-refractivity contribution in [3.05, 3.63) is 62.9 Å². The van der Waals surface area contributed by atoms with Gasteiger partial charge in [0.05, 0.1) is 10.6 Å². The number of halogens is 1. The van der Waals surface area contributed by atoms with Crippen molar-refractivity contribution in [1.82, 2.24) is 9.78 Å². The zero-order valence-electron chi connectivity index (χ0n) is 13.2. The first kappa shape index (κ1) is 16.5. The molecular weight excluding hydrogens is 346 g/mol. The summed E-state index contributed by atoms with van der Waals surface area (Å²) in [6.07, 6.45) is 0. The second kappa shape index (κ2) is 7.07. The predicted molar refractivity (Wildman–Crippen MR) is 96.0 cm³/mol. The second-order valence-electron chi connectivity index (χ2n) is 5.31. The molecule has 0 unspecified atom stereocenters. The first-order valence-corrected chi connectivity index (χ1v) is 8.55. The number of nitrogens with zero attached hydrogens (tertiary/aromatic N) is 2. The van der Waals surface area contributed by atoms with Crippen LogP contribution in [0.15, 0.2) is 41.8 Å². The number of aromatic nitrogens is 2. The Balaban J connectivity index is 1.62. The van der Waals surface area contributed by atoms with Gasteiger partial charge in [-0.05, 0) is 36.6 Å². The van der Waals surface area contributed by atoms with E-state index in [1.807, 2.05) is 36.6 Å². The zero-order chi connectivity index (χ0) is 17.1. The molecule has 3 rings (SSSR count). The number of carbonyl (C=O) groups excluding carboxylic acids is 1. The van der Waals surface area contributed by atoms with Crippen molar-refractivity contribution in [1.29, 1.82) is 0 Å². The summed E-state index contributed by atoms with van der Waals surface area (Å²) >= 11 is 7.31. The number of hydrogen-bond acceptors (Lipinski definition) is 4. The van der Waals surface area contributed by atoms with Gasteiger partial charge in [0.25, 0.3) is 5.91 Å². The Morgan fingerprint density at radius 3 is 2.92 bits per heavy atom. The van der Waals surface area contributed by atoms with E-state index in [1.54, 1.807) is 23.9 Å². The fourth-order valence-corrected chi connectivity index (χ4v) is 3.17. The highest BCUT2D eigenvalue weighted by Crippen LogP contribution is 2.21. The van der Waals surface area contributed by atoms with E-state index in [4.69, 9.17) is 16.3 Å². The molecule has 5 nitrogen and oxygen atoms in total. The summed E-state index contributed by atoms with van der Waals surface area (Å²) < 4.78 is 7.33. The average molecular weight is 362 g/mol. The molecule has 0 radical (unpaired) electrons. The van der Waals surface area contributed by atoms with E-state index >= 15 is 0 Å². The van der Waals surface area contributed by atoms with Gasteiger partial charge in [0.1, 0.15) is 18.2 Å². The molecule has 1 N–H and O–H groups in total. The summed E-state index contributed by atoms with van der Waals surface area (Å²) in [6, 6.07) is 10.9. The van der Waals surface area contributed by atoms with Crippen LogP contribution in [-0.4, -0.2) is 15.7 Å². The molecule has 0 bridgehead atoms. The average Bonchev–Trinajstić information content (AvgIpc) is 3.12. The summed E-state index contributed by atoms with van der Waals surface area (Å²) in [5.74, 6) is 1.21. The van der Waals surface area contributed by atoms with Gasteiger partial charge in [-0.2, -0.15) is 5.10 Å². The molecule has 7 heteroatoms. The van der Waals surface area contributed by atoms with E-state index in [9.17, 15) is 4.79 Å². The largest absolute Gasteiger partial charge is 0.489 e. The van der Waals surface area contributed by atoms with E-state index in [1.165, 1.54) is 11.3 Å². The highest BCUT2D eigenvalue weighted by molar-refractivity contribution is 7.12. The van der Waals surface area contributed by atoms with Crippen LogP contribution in [0.25, 0.3) is 0 Å². The van der Waals surface area contributed by atoms with E-state index in [0.717, 1.165) is 11.3 Å². The maximum atomic E-state index is 12.3. The second-order valence-corrected chi connectivity index (χ2v) is 6.66. The van der Waals surface area contributed by atoms with Crippen molar-refractivity contribution in [3.8, 4) is 5.75 Å². The van der Waals surface area contributed by atoms with E-state index in [-0.39, 0.29) is 5.91 Å². The van der Waals surface area contributed by atoms with Crippen LogP contribution in [0.2, 0.25) is 5.02 Å². The SMILES string of the molecule is Cc1cc(NC(=O)c2cc(COc3cccc(Cl)c3)cs2)n(C)n1. The van der Waals surface area contributed by atoms with Crippen LogP contribution in [0.5, 0.6) is 5.75 Å². The topological polar surface area (TPSA) is 56.1 Å². The molecule has 1 aromatic carbocycles. The van der Waals surface area contributed by atoms with Crippen LogP contribution in [-0.2, 0) is 13.7 Å². The van der Waals surface area contributed by atoms with Crippen molar-refractivity contribution in [2.24, 2.45) is 7.05 Å². The van der Waals surface area contributed by atoms with Crippen LogP contribution >= 0.6 is 22.9 Å². The predicted octanol–water partition coefficient (Wildman–Crippen LogP) is 4.27. The van der Waals surface area contributed by atoms with Crippen LogP contribution < -0.4 is 10.1 Å². The number of carbonyl (C=O) groups is 1. The molecule has 0 saturated carbocycles. The van der Waals surface area contributed by atoms with E-state index < -0.39 is 0 Å². The Morgan fingerprint density at radius 1 is 1.38 bits per heavy atom. The normalized spacial score (nSPS) is 10.6. The molecule has 0 atom stereocenters. The lowest BCUT2D eigenvalue weighted by molar-refractivity contribution is 0.102. The lowest BCUT2D eigenvalue weighted by atomic mass is 10.3. The maximum Gasteiger partial charge on any atom is 0.266 e. The summed E-state index contributed by atoms with van der Waals surface area (Å²) in [6.45, 7) is 2.26. The molecular formula is C17H16ClN3O2S. The standard InChI is InChI=1S/C17H16ClN3O2S/c1-11-6-16(21(2)20-11)19-17(22)15-7-12(10-24-15)9-23-14-5-3-4-13(18)8-14/h3-8,10H,9H2,1-2H3,(H,19,22). The van der Waals surface area contributed by atoms with Crippen molar-refractivity contribution in [3.63, 3.8) is 0 Å². The summed E-state index contributed by atoms with van der Waals surface area (Å²) in [4.78, 5) is 12.9. The number of rotatable bonds is 5. The Bertz CT molecular complexity index is 872. The number of benzene rings is 1.